The normalized spacial score (nSPS) is 15.9. The standard InChI is InChI=1S/C14H17F3N2O/c1-9(2)14(20)19-7-5-18(6-8-19)11-4-3-10(15)12(16)13(11)17/h3-4,9H,5-8H2,1-2H3. The van der Waals surface area contributed by atoms with Gasteiger partial charge in [-0.2, -0.15) is 0 Å². The summed E-state index contributed by atoms with van der Waals surface area (Å²) in [5.41, 5.74) is 0.0422. The zero-order chi connectivity index (χ0) is 14.9. The van der Waals surface area contributed by atoms with Crippen LogP contribution in [0.15, 0.2) is 12.1 Å². The van der Waals surface area contributed by atoms with Crippen molar-refractivity contribution in [1.82, 2.24) is 4.90 Å². The van der Waals surface area contributed by atoms with Crippen LogP contribution < -0.4 is 4.90 Å². The van der Waals surface area contributed by atoms with Gasteiger partial charge in [-0.3, -0.25) is 4.79 Å². The lowest BCUT2D eigenvalue weighted by atomic mass is 10.1. The number of benzene rings is 1. The van der Waals surface area contributed by atoms with Crippen LogP contribution in [0.1, 0.15) is 13.8 Å². The number of carbonyl (C=O) groups excluding carboxylic acids is 1. The summed E-state index contributed by atoms with van der Waals surface area (Å²) in [5, 5.41) is 0. The molecule has 0 unspecified atom stereocenters. The molecule has 6 heteroatoms. The van der Waals surface area contributed by atoms with Crippen molar-refractivity contribution in [2.75, 3.05) is 31.1 Å². The van der Waals surface area contributed by atoms with E-state index in [4.69, 9.17) is 0 Å². The zero-order valence-corrected chi connectivity index (χ0v) is 11.5. The van der Waals surface area contributed by atoms with Gasteiger partial charge < -0.3 is 9.80 Å². The van der Waals surface area contributed by atoms with Gasteiger partial charge in [0.25, 0.3) is 0 Å². The minimum absolute atomic E-state index is 0.0422. The molecule has 0 bridgehead atoms. The summed E-state index contributed by atoms with van der Waals surface area (Å²) < 4.78 is 39.8. The highest BCUT2D eigenvalue weighted by molar-refractivity contribution is 5.78. The van der Waals surface area contributed by atoms with Crippen molar-refractivity contribution < 1.29 is 18.0 Å². The smallest absolute Gasteiger partial charge is 0.225 e. The highest BCUT2D eigenvalue weighted by Crippen LogP contribution is 2.24. The summed E-state index contributed by atoms with van der Waals surface area (Å²) in [6.07, 6.45) is 0. The van der Waals surface area contributed by atoms with Gasteiger partial charge in [0.2, 0.25) is 5.91 Å². The second-order valence-electron chi connectivity index (χ2n) is 5.16. The van der Waals surface area contributed by atoms with E-state index in [2.05, 4.69) is 0 Å². The molecule has 1 aliphatic heterocycles. The first kappa shape index (κ1) is 14.7. The Morgan fingerprint density at radius 1 is 1.05 bits per heavy atom. The second-order valence-corrected chi connectivity index (χ2v) is 5.16. The van der Waals surface area contributed by atoms with Gasteiger partial charge in [0.05, 0.1) is 5.69 Å². The van der Waals surface area contributed by atoms with Gasteiger partial charge in [-0.15, -0.1) is 0 Å². The Morgan fingerprint density at radius 2 is 1.65 bits per heavy atom. The van der Waals surface area contributed by atoms with Gasteiger partial charge >= 0.3 is 0 Å². The minimum Gasteiger partial charge on any atom is -0.366 e. The van der Waals surface area contributed by atoms with Gasteiger partial charge in [0.1, 0.15) is 0 Å². The summed E-state index contributed by atoms with van der Waals surface area (Å²) in [6, 6.07) is 2.15. The summed E-state index contributed by atoms with van der Waals surface area (Å²) in [7, 11) is 0. The number of piperazine rings is 1. The molecular formula is C14H17F3N2O. The molecule has 1 aliphatic rings. The van der Waals surface area contributed by atoms with Gasteiger partial charge in [0, 0.05) is 32.1 Å². The van der Waals surface area contributed by atoms with Gasteiger partial charge in [-0.05, 0) is 12.1 Å². The van der Waals surface area contributed by atoms with Crippen LogP contribution in [0.5, 0.6) is 0 Å². The fourth-order valence-corrected chi connectivity index (χ4v) is 2.29. The Morgan fingerprint density at radius 3 is 2.20 bits per heavy atom. The summed E-state index contributed by atoms with van der Waals surface area (Å²) in [5.74, 6) is -3.85. The van der Waals surface area contributed by atoms with E-state index in [9.17, 15) is 18.0 Å². The third-order valence-corrected chi connectivity index (χ3v) is 3.44. The summed E-state index contributed by atoms with van der Waals surface area (Å²) >= 11 is 0. The lowest BCUT2D eigenvalue weighted by Crippen LogP contribution is -2.50. The van der Waals surface area contributed by atoms with Crippen molar-refractivity contribution in [3.8, 4) is 0 Å². The summed E-state index contributed by atoms with van der Waals surface area (Å²) in [4.78, 5) is 15.2. The van der Waals surface area contributed by atoms with E-state index < -0.39 is 17.5 Å². The van der Waals surface area contributed by atoms with E-state index in [0.717, 1.165) is 6.07 Å². The number of anilines is 1. The van der Waals surface area contributed by atoms with Crippen LogP contribution in [0.25, 0.3) is 0 Å². The minimum atomic E-state index is -1.46. The van der Waals surface area contributed by atoms with Crippen LogP contribution in [0.2, 0.25) is 0 Å². The van der Waals surface area contributed by atoms with E-state index in [1.807, 2.05) is 13.8 Å². The van der Waals surface area contributed by atoms with Crippen molar-refractivity contribution in [3.63, 3.8) is 0 Å². The molecule has 1 aromatic carbocycles. The van der Waals surface area contributed by atoms with Crippen molar-refractivity contribution in [2.24, 2.45) is 5.92 Å². The fourth-order valence-electron chi connectivity index (χ4n) is 2.29. The third kappa shape index (κ3) is 2.73. The molecular weight excluding hydrogens is 269 g/mol. The van der Waals surface area contributed by atoms with Crippen LogP contribution >= 0.6 is 0 Å². The molecule has 0 saturated carbocycles. The molecule has 2 rings (SSSR count). The molecule has 1 amide bonds. The monoisotopic (exact) mass is 286 g/mol. The maximum atomic E-state index is 13.7. The van der Waals surface area contributed by atoms with Gasteiger partial charge in [-0.1, -0.05) is 13.8 Å². The first-order valence-electron chi connectivity index (χ1n) is 6.59. The number of halogens is 3. The average Bonchev–Trinajstić information content (AvgIpc) is 2.44. The molecule has 0 spiro atoms. The van der Waals surface area contributed by atoms with Crippen molar-refractivity contribution >= 4 is 11.6 Å². The molecule has 1 heterocycles. The lowest BCUT2D eigenvalue weighted by Gasteiger charge is -2.37. The number of amides is 1. The van der Waals surface area contributed by atoms with Gasteiger partial charge in [0.15, 0.2) is 17.5 Å². The molecule has 0 atom stereocenters. The van der Waals surface area contributed by atoms with Crippen LogP contribution in [0, 0.1) is 23.4 Å². The molecule has 1 saturated heterocycles. The number of hydrogen-bond donors (Lipinski definition) is 0. The van der Waals surface area contributed by atoms with Crippen molar-refractivity contribution in [3.05, 3.63) is 29.6 Å². The number of carbonyl (C=O) groups is 1. The molecule has 1 aromatic rings. The highest BCUT2D eigenvalue weighted by atomic mass is 19.2. The van der Waals surface area contributed by atoms with Crippen molar-refractivity contribution in [1.29, 1.82) is 0 Å². The van der Waals surface area contributed by atoms with Crippen LogP contribution in [-0.4, -0.2) is 37.0 Å². The molecule has 110 valence electrons. The molecule has 3 nitrogen and oxygen atoms in total. The lowest BCUT2D eigenvalue weighted by molar-refractivity contribution is -0.134. The first-order chi connectivity index (χ1) is 9.41. The Labute approximate surface area is 116 Å². The third-order valence-electron chi connectivity index (χ3n) is 3.44. The molecule has 0 aromatic heterocycles. The largest absolute Gasteiger partial charge is 0.366 e. The first-order valence-corrected chi connectivity index (χ1v) is 6.59. The Hall–Kier alpha value is -1.72. The number of rotatable bonds is 2. The predicted octanol–water partition coefficient (Wildman–Crippen LogP) is 2.41. The topological polar surface area (TPSA) is 23.6 Å². The zero-order valence-electron chi connectivity index (χ0n) is 11.5. The molecule has 0 N–H and O–H groups in total. The molecule has 20 heavy (non-hydrogen) atoms. The van der Waals surface area contributed by atoms with E-state index >= 15 is 0 Å². The Kier molecular flexibility index (Phi) is 4.20. The average molecular weight is 286 g/mol. The maximum Gasteiger partial charge on any atom is 0.225 e. The molecule has 1 fully saturated rings. The van der Waals surface area contributed by atoms with Crippen LogP contribution in [-0.2, 0) is 4.79 Å². The Bertz CT molecular complexity index is 511. The maximum absolute atomic E-state index is 13.7. The fraction of sp³-hybridized carbons (Fsp3) is 0.500. The number of nitrogens with zero attached hydrogens (tertiary/aromatic N) is 2. The predicted molar refractivity (Wildman–Crippen MR) is 69.9 cm³/mol. The van der Waals surface area contributed by atoms with E-state index in [1.165, 1.54) is 6.07 Å². The summed E-state index contributed by atoms with van der Waals surface area (Å²) in [6.45, 7) is 5.36. The van der Waals surface area contributed by atoms with Crippen LogP contribution in [0.3, 0.4) is 0 Å². The number of hydrogen-bond acceptors (Lipinski definition) is 2. The van der Waals surface area contributed by atoms with E-state index in [1.54, 1.807) is 9.80 Å². The van der Waals surface area contributed by atoms with E-state index in [-0.39, 0.29) is 17.5 Å². The van der Waals surface area contributed by atoms with Gasteiger partial charge in [-0.25, -0.2) is 13.2 Å². The Balaban J connectivity index is 2.08. The van der Waals surface area contributed by atoms with Crippen LogP contribution in [0.4, 0.5) is 18.9 Å². The quantitative estimate of drug-likeness (QED) is 0.780. The SMILES string of the molecule is CC(C)C(=O)N1CCN(c2ccc(F)c(F)c2F)CC1. The highest BCUT2D eigenvalue weighted by Gasteiger charge is 2.25. The molecule has 0 radical (unpaired) electrons. The van der Waals surface area contributed by atoms with E-state index in [0.29, 0.717) is 26.2 Å². The molecule has 0 aliphatic carbocycles. The van der Waals surface area contributed by atoms with Crippen molar-refractivity contribution in [2.45, 2.75) is 13.8 Å². The second kappa shape index (κ2) is 5.73.